The van der Waals surface area contributed by atoms with Gasteiger partial charge >= 0.3 is 5.97 Å². The van der Waals surface area contributed by atoms with Crippen LogP contribution < -0.4 is 20.3 Å². The third-order valence-electron chi connectivity index (χ3n) is 6.46. The summed E-state index contributed by atoms with van der Waals surface area (Å²) in [5.74, 6) is -1.83. The van der Waals surface area contributed by atoms with E-state index in [0.29, 0.717) is 11.6 Å². The molecule has 2 fully saturated rings. The lowest BCUT2D eigenvalue weighted by Gasteiger charge is -2.41. The number of hydrogen-bond acceptors (Lipinski definition) is 8. The molecule has 2 aromatic rings. The normalized spacial score (nSPS) is 18.8. The molecule has 0 aliphatic carbocycles. The van der Waals surface area contributed by atoms with E-state index in [9.17, 15) is 23.1 Å². The van der Waals surface area contributed by atoms with Gasteiger partial charge in [-0.05, 0) is 61.6 Å². The molecule has 1 amide bonds. The molecular weight excluding hydrogens is 490 g/mol. The van der Waals surface area contributed by atoms with Crippen molar-refractivity contribution in [3.05, 3.63) is 47.3 Å². The van der Waals surface area contributed by atoms with Crippen LogP contribution in [0.1, 0.15) is 23.2 Å². The number of anilines is 1. The summed E-state index contributed by atoms with van der Waals surface area (Å²) in [6.07, 6.45) is 2.39. The van der Waals surface area contributed by atoms with Gasteiger partial charge in [-0.1, -0.05) is 6.07 Å². The van der Waals surface area contributed by atoms with E-state index >= 15 is 0 Å². The maximum Gasteiger partial charge on any atom is 0.323 e. The summed E-state index contributed by atoms with van der Waals surface area (Å²) in [5, 5.41) is 16.9. The van der Waals surface area contributed by atoms with Crippen LogP contribution >= 0.6 is 11.3 Å². The van der Waals surface area contributed by atoms with Crippen LogP contribution in [0, 0.1) is 0 Å². The minimum Gasteiger partial charge on any atom is -0.480 e. The van der Waals surface area contributed by atoms with Gasteiger partial charge in [0.15, 0.2) is 0 Å². The van der Waals surface area contributed by atoms with Crippen molar-refractivity contribution >= 4 is 38.9 Å². The van der Waals surface area contributed by atoms with E-state index in [1.165, 1.54) is 18.9 Å². The van der Waals surface area contributed by atoms with Crippen molar-refractivity contribution in [3.63, 3.8) is 0 Å². The predicted molar refractivity (Wildman–Crippen MR) is 135 cm³/mol. The average molecular weight is 522 g/mol. The number of piperidine rings is 1. The number of carbonyl (C=O) groups is 2. The Morgan fingerprint density at radius 1 is 1.09 bits per heavy atom. The summed E-state index contributed by atoms with van der Waals surface area (Å²) in [4.78, 5) is 29.0. The van der Waals surface area contributed by atoms with Crippen molar-refractivity contribution in [1.82, 2.24) is 20.3 Å². The molecule has 0 saturated carbocycles. The number of piperazine rings is 1. The number of nitrogens with one attached hydrogen (secondary N) is 3. The zero-order valence-electron chi connectivity index (χ0n) is 19.4. The number of carbonyl (C=O) groups excluding carboxylic acids is 1. The number of thiophene rings is 1. The molecular formula is C23H31N5O5S2. The van der Waals surface area contributed by atoms with Crippen LogP contribution in [-0.2, 0) is 14.8 Å². The van der Waals surface area contributed by atoms with Gasteiger partial charge in [-0.25, -0.2) is 8.42 Å². The number of amides is 1. The quantitative estimate of drug-likeness (QED) is 0.381. The van der Waals surface area contributed by atoms with Crippen molar-refractivity contribution in [2.24, 2.45) is 0 Å². The van der Waals surface area contributed by atoms with Crippen molar-refractivity contribution in [3.8, 4) is 0 Å². The highest BCUT2D eigenvalue weighted by Gasteiger charge is 2.27. The zero-order valence-corrected chi connectivity index (χ0v) is 21.0. The fourth-order valence-corrected chi connectivity index (χ4v) is 6.68. The summed E-state index contributed by atoms with van der Waals surface area (Å²) in [6.45, 7) is 5.69. The fourth-order valence-electron chi connectivity index (χ4n) is 4.48. The summed E-state index contributed by atoms with van der Waals surface area (Å²) >= 11 is 0.985. The number of aliphatic carboxylic acids is 1. The van der Waals surface area contributed by atoms with E-state index in [1.807, 2.05) is 12.1 Å². The van der Waals surface area contributed by atoms with Gasteiger partial charge in [0.1, 0.15) is 10.3 Å². The van der Waals surface area contributed by atoms with Crippen molar-refractivity contribution in [2.45, 2.75) is 29.1 Å². The van der Waals surface area contributed by atoms with Crippen molar-refractivity contribution < 1.29 is 23.1 Å². The molecule has 1 aromatic heterocycles. The Bertz CT molecular complexity index is 1090. The van der Waals surface area contributed by atoms with Gasteiger partial charge < -0.3 is 20.6 Å². The van der Waals surface area contributed by atoms with Crippen LogP contribution in [0.25, 0.3) is 0 Å². The Hall–Kier alpha value is -2.51. The van der Waals surface area contributed by atoms with Crippen LogP contribution in [0.2, 0.25) is 0 Å². The van der Waals surface area contributed by atoms with Crippen molar-refractivity contribution in [1.29, 1.82) is 0 Å². The molecule has 0 unspecified atom stereocenters. The molecule has 35 heavy (non-hydrogen) atoms. The molecule has 2 aliphatic rings. The van der Waals surface area contributed by atoms with Crippen molar-refractivity contribution in [2.75, 3.05) is 50.7 Å². The standard InChI is InChI=1S/C23H31N5O5S2/c29-22(25-16-20(23(30)31)26-35(32,33)21-2-1-15-34-21)17-3-5-18(6-4-17)27-11-13-28(14-12-27)19-7-9-24-10-8-19/h1-6,15,19-20,24,26H,7-14,16H2,(H,25,29)(H,30,31)/t20-/m0/s1. The molecule has 4 rings (SSSR count). The highest BCUT2D eigenvalue weighted by Crippen LogP contribution is 2.20. The fraction of sp³-hybridized carbons (Fsp3) is 0.478. The Labute approximate surface area is 209 Å². The number of nitrogens with zero attached hydrogens (tertiary/aromatic N) is 2. The maximum atomic E-state index is 12.6. The van der Waals surface area contributed by atoms with Crippen LogP contribution in [0.3, 0.4) is 0 Å². The Morgan fingerprint density at radius 2 is 1.77 bits per heavy atom. The second-order valence-electron chi connectivity index (χ2n) is 8.71. The number of sulfonamides is 1. The van der Waals surface area contributed by atoms with Gasteiger partial charge in [0.25, 0.3) is 15.9 Å². The molecule has 2 saturated heterocycles. The van der Waals surface area contributed by atoms with Crippen LogP contribution in [0.15, 0.2) is 46.0 Å². The second kappa shape index (κ2) is 11.5. The topological polar surface area (TPSA) is 131 Å². The lowest BCUT2D eigenvalue weighted by atomic mass is 10.0. The summed E-state index contributed by atoms with van der Waals surface area (Å²) in [5.41, 5.74) is 1.42. The second-order valence-corrected chi connectivity index (χ2v) is 11.6. The number of rotatable bonds is 9. The Balaban J connectivity index is 1.28. The first-order valence-electron chi connectivity index (χ1n) is 11.7. The summed E-state index contributed by atoms with van der Waals surface area (Å²) < 4.78 is 26.8. The molecule has 4 N–H and O–H groups in total. The molecule has 190 valence electrons. The molecule has 12 heteroatoms. The van der Waals surface area contributed by atoms with Gasteiger partial charge in [-0.2, -0.15) is 4.72 Å². The first kappa shape index (κ1) is 25.6. The largest absolute Gasteiger partial charge is 0.480 e. The Kier molecular flexibility index (Phi) is 8.39. The molecule has 3 heterocycles. The number of carboxylic acids is 1. The van der Waals surface area contributed by atoms with E-state index in [0.717, 1.165) is 56.3 Å². The summed E-state index contributed by atoms with van der Waals surface area (Å²) in [7, 11) is -3.98. The van der Waals surface area contributed by atoms with E-state index in [4.69, 9.17) is 0 Å². The third-order valence-corrected chi connectivity index (χ3v) is 9.33. The monoisotopic (exact) mass is 521 g/mol. The molecule has 2 aliphatic heterocycles. The summed E-state index contributed by atoms with van der Waals surface area (Å²) in [6, 6.07) is 9.32. The molecule has 0 spiro atoms. The minimum absolute atomic E-state index is 0.0160. The SMILES string of the molecule is O=C(NC[C@H](NS(=O)(=O)c1cccs1)C(=O)O)c1ccc(N2CCN(C3CCNCC3)CC2)cc1. The molecule has 1 atom stereocenters. The lowest BCUT2D eigenvalue weighted by molar-refractivity contribution is -0.138. The Morgan fingerprint density at radius 3 is 2.37 bits per heavy atom. The first-order valence-corrected chi connectivity index (χ1v) is 14.1. The lowest BCUT2D eigenvalue weighted by Crippen LogP contribution is -2.52. The third kappa shape index (κ3) is 6.58. The van der Waals surface area contributed by atoms with Gasteiger partial charge in [-0.15, -0.1) is 11.3 Å². The van der Waals surface area contributed by atoms with E-state index in [1.54, 1.807) is 23.6 Å². The minimum atomic E-state index is -3.98. The van der Waals surface area contributed by atoms with Gasteiger partial charge in [0, 0.05) is 50.0 Å². The highest BCUT2D eigenvalue weighted by molar-refractivity contribution is 7.91. The first-order chi connectivity index (χ1) is 16.8. The van der Waals surface area contributed by atoms with E-state index in [2.05, 4.69) is 25.2 Å². The van der Waals surface area contributed by atoms with Crippen LogP contribution in [0.5, 0.6) is 0 Å². The maximum absolute atomic E-state index is 12.6. The molecule has 0 radical (unpaired) electrons. The molecule has 1 aromatic carbocycles. The van der Waals surface area contributed by atoms with Crippen LogP contribution in [0.4, 0.5) is 5.69 Å². The average Bonchev–Trinajstić information content (AvgIpc) is 3.43. The van der Waals surface area contributed by atoms with E-state index < -0.39 is 27.9 Å². The molecule has 0 bridgehead atoms. The number of hydrogen-bond donors (Lipinski definition) is 4. The van der Waals surface area contributed by atoms with Crippen LogP contribution in [-0.4, -0.2) is 88.2 Å². The highest BCUT2D eigenvalue weighted by atomic mass is 32.2. The van der Waals surface area contributed by atoms with Gasteiger partial charge in [-0.3, -0.25) is 14.5 Å². The van der Waals surface area contributed by atoms with Gasteiger partial charge in [0.2, 0.25) is 0 Å². The molecule has 10 nitrogen and oxygen atoms in total. The van der Waals surface area contributed by atoms with E-state index in [-0.39, 0.29) is 10.8 Å². The number of benzene rings is 1. The predicted octanol–water partition coefficient (Wildman–Crippen LogP) is 0.784. The zero-order chi connectivity index (χ0) is 24.8. The van der Waals surface area contributed by atoms with Gasteiger partial charge in [0.05, 0.1) is 0 Å². The smallest absolute Gasteiger partial charge is 0.323 e. The number of carboxylic acid groups (broad SMARTS) is 1.